The van der Waals surface area contributed by atoms with Crippen LogP contribution in [0.25, 0.3) is 0 Å². The summed E-state index contributed by atoms with van der Waals surface area (Å²) >= 11 is 1.65. The summed E-state index contributed by atoms with van der Waals surface area (Å²) in [5, 5.41) is 9.69. The van der Waals surface area contributed by atoms with E-state index < -0.39 is 5.92 Å². The topological polar surface area (TPSA) is 76.1 Å². The van der Waals surface area contributed by atoms with Crippen LogP contribution in [0.2, 0.25) is 0 Å². The maximum absolute atomic E-state index is 13.2. The molecule has 0 spiro atoms. The van der Waals surface area contributed by atoms with Crippen molar-refractivity contribution in [1.82, 2.24) is 0 Å². The molecule has 1 aliphatic heterocycles. The number of nitriles is 1. The lowest BCUT2D eigenvalue weighted by atomic mass is 9.73. The Labute approximate surface area is 168 Å². The van der Waals surface area contributed by atoms with E-state index in [1.165, 1.54) is 0 Å². The van der Waals surface area contributed by atoms with Gasteiger partial charge >= 0.3 is 0 Å². The Morgan fingerprint density at radius 2 is 1.79 bits per heavy atom. The number of benzene rings is 2. The van der Waals surface area contributed by atoms with Crippen LogP contribution in [0.5, 0.6) is 0 Å². The number of hydrogen-bond acceptors (Lipinski definition) is 5. The summed E-state index contributed by atoms with van der Waals surface area (Å²) < 4.78 is 5.80. The largest absolute Gasteiger partial charge is 0.444 e. The molecule has 2 aliphatic rings. The SMILES string of the molecule is CSc1ccc(C2C(C#N)=C(N)OC3=C2C(=O)CC(c2ccccc2)C3)cc1. The molecule has 4 nitrogen and oxygen atoms in total. The molecule has 0 aromatic heterocycles. The standard InChI is InChI=1S/C23H20N2O2S/c1-28-17-9-7-15(8-10-17)21-18(13-24)23(25)27-20-12-16(11-19(26)22(20)21)14-5-3-2-4-6-14/h2-10,16,21H,11-12,25H2,1H3. The highest BCUT2D eigenvalue weighted by molar-refractivity contribution is 7.98. The molecule has 28 heavy (non-hydrogen) atoms. The minimum atomic E-state index is -0.464. The van der Waals surface area contributed by atoms with Crippen molar-refractivity contribution in [3.63, 3.8) is 0 Å². The Morgan fingerprint density at radius 3 is 2.43 bits per heavy atom. The fourth-order valence-electron chi connectivity index (χ4n) is 4.00. The summed E-state index contributed by atoms with van der Waals surface area (Å²) in [7, 11) is 0. The lowest BCUT2D eigenvalue weighted by Crippen LogP contribution is -2.29. The van der Waals surface area contributed by atoms with E-state index in [1.807, 2.05) is 60.9 Å². The van der Waals surface area contributed by atoms with Crippen LogP contribution in [0.4, 0.5) is 0 Å². The molecule has 0 fully saturated rings. The monoisotopic (exact) mass is 388 g/mol. The average Bonchev–Trinajstić information content (AvgIpc) is 2.73. The normalized spacial score (nSPS) is 21.8. The van der Waals surface area contributed by atoms with Crippen LogP contribution >= 0.6 is 11.8 Å². The zero-order valence-electron chi connectivity index (χ0n) is 15.5. The molecule has 2 N–H and O–H groups in total. The quantitative estimate of drug-likeness (QED) is 0.777. The van der Waals surface area contributed by atoms with E-state index in [4.69, 9.17) is 10.5 Å². The number of allylic oxidation sites excluding steroid dienone is 3. The van der Waals surface area contributed by atoms with Crippen molar-refractivity contribution >= 4 is 17.5 Å². The lowest BCUT2D eigenvalue weighted by Gasteiger charge is -2.34. The number of ether oxygens (including phenoxy) is 1. The third-order valence-electron chi connectivity index (χ3n) is 5.38. The van der Waals surface area contributed by atoms with Gasteiger partial charge in [0, 0.05) is 23.3 Å². The molecular formula is C23H20N2O2S. The number of Topliss-reactive ketones (excluding diaryl/α,β-unsaturated/α-hetero) is 1. The number of carbonyl (C=O) groups is 1. The number of hydrogen-bond donors (Lipinski definition) is 1. The highest BCUT2D eigenvalue weighted by Crippen LogP contribution is 2.46. The molecule has 0 saturated carbocycles. The molecule has 2 aromatic carbocycles. The smallest absolute Gasteiger partial charge is 0.205 e. The van der Waals surface area contributed by atoms with E-state index >= 15 is 0 Å². The highest BCUT2D eigenvalue weighted by Gasteiger charge is 2.40. The fraction of sp³-hybridized carbons (Fsp3) is 0.217. The van der Waals surface area contributed by atoms with Gasteiger partial charge in [-0.2, -0.15) is 5.26 Å². The van der Waals surface area contributed by atoms with Crippen LogP contribution in [0, 0.1) is 11.3 Å². The van der Waals surface area contributed by atoms with Gasteiger partial charge in [-0.25, -0.2) is 0 Å². The minimum absolute atomic E-state index is 0.0225. The third kappa shape index (κ3) is 3.21. The van der Waals surface area contributed by atoms with Crippen LogP contribution in [-0.4, -0.2) is 12.0 Å². The van der Waals surface area contributed by atoms with Crippen molar-refractivity contribution in [2.75, 3.05) is 6.26 Å². The zero-order valence-corrected chi connectivity index (χ0v) is 16.3. The first-order valence-electron chi connectivity index (χ1n) is 9.15. The van der Waals surface area contributed by atoms with Gasteiger partial charge in [-0.3, -0.25) is 4.79 Å². The molecular weight excluding hydrogens is 368 g/mol. The van der Waals surface area contributed by atoms with Gasteiger partial charge in [0.2, 0.25) is 5.88 Å². The molecule has 4 rings (SSSR count). The Balaban J connectivity index is 1.77. The summed E-state index contributed by atoms with van der Waals surface area (Å²) in [4.78, 5) is 14.3. The van der Waals surface area contributed by atoms with Crippen LogP contribution < -0.4 is 5.73 Å². The molecule has 2 atom stereocenters. The number of ketones is 1. The van der Waals surface area contributed by atoms with Gasteiger partial charge in [0.15, 0.2) is 5.78 Å². The van der Waals surface area contributed by atoms with Crippen molar-refractivity contribution in [3.05, 3.63) is 88.5 Å². The van der Waals surface area contributed by atoms with Crippen LogP contribution in [0.3, 0.4) is 0 Å². The Bertz CT molecular complexity index is 1020. The van der Waals surface area contributed by atoms with Crippen molar-refractivity contribution in [1.29, 1.82) is 5.26 Å². The fourth-order valence-corrected chi connectivity index (χ4v) is 4.41. The van der Waals surface area contributed by atoms with Gasteiger partial charge in [-0.1, -0.05) is 42.5 Å². The van der Waals surface area contributed by atoms with E-state index in [1.54, 1.807) is 11.8 Å². The summed E-state index contributed by atoms with van der Waals surface area (Å²) in [5.74, 6) is 0.314. The van der Waals surface area contributed by atoms with Crippen LogP contribution in [0.1, 0.15) is 35.8 Å². The summed E-state index contributed by atoms with van der Waals surface area (Å²) in [6, 6.07) is 20.1. The first kappa shape index (κ1) is 18.4. The first-order valence-corrected chi connectivity index (χ1v) is 10.4. The number of rotatable bonds is 3. The second-order valence-electron chi connectivity index (χ2n) is 6.97. The van der Waals surface area contributed by atoms with E-state index in [0.717, 1.165) is 16.0 Å². The number of nitrogens with zero attached hydrogens (tertiary/aromatic N) is 1. The number of nitrogens with two attached hydrogens (primary N) is 1. The maximum atomic E-state index is 13.2. The highest BCUT2D eigenvalue weighted by atomic mass is 32.2. The molecule has 0 bridgehead atoms. The Morgan fingerprint density at radius 1 is 1.07 bits per heavy atom. The van der Waals surface area contributed by atoms with E-state index in [9.17, 15) is 10.1 Å². The molecule has 0 radical (unpaired) electrons. The summed E-state index contributed by atoms with van der Waals surface area (Å²) in [6.45, 7) is 0. The Hall–Kier alpha value is -2.97. The summed E-state index contributed by atoms with van der Waals surface area (Å²) in [5.41, 5.74) is 8.98. The molecule has 5 heteroatoms. The number of carbonyl (C=O) groups excluding carboxylic acids is 1. The maximum Gasteiger partial charge on any atom is 0.205 e. The average molecular weight is 388 g/mol. The van der Waals surface area contributed by atoms with Gasteiger partial charge in [-0.15, -0.1) is 11.8 Å². The van der Waals surface area contributed by atoms with E-state index in [-0.39, 0.29) is 17.6 Å². The van der Waals surface area contributed by atoms with Gasteiger partial charge in [0.05, 0.1) is 5.92 Å². The van der Waals surface area contributed by atoms with Crippen LogP contribution in [-0.2, 0) is 9.53 Å². The first-order chi connectivity index (χ1) is 13.6. The Kier molecular flexibility index (Phi) is 4.97. The predicted molar refractivity (Wildman–Crippen MR) is 109 cm³/mol. The molecule has 0 amide bonds. The predicted octanol–water partition coefficient (Wildman–Crippen LogP) is 4.62. The van der Waals surface area contributed by atoms with Crippen LogP contribution in [0.15, 0.2) is 82.3 Å². The lowest BCUT2D eigenvalue weighted by molar-refractivity contribution is -0.117. The zero-order chi connectivity index (χ0) is 19.7. The molecule has 2 aromatic rings. The van der Waals surface area contributed by atoms with E-state index in [0.29, 0.717) is 29.7 Å². The van der Waals surface area contributed by atoms with Crippen molar-refractivity contribution in [3.8, 4) is 6.07 Å². The van der Waals surface area contributed by atoms with E-state index in [2.05, 4.69) is 6.07 Å². The second kappa shape index (κ2) is 7.57. The number of thioether (sulfide) groups is 1. The summed E-state index contributed by atoms with van der Waals surface area (Å²) in [6.07, 6.45) is 3.02. The van der Waals surface area contributed by atoms with Crippen molar-refractivity contribution in [2.45, 2.75) is 29.6 Å². The minimum Gasteiger partial charge on any atom is -0.444 e. The van der Waals surface area contributed by atoms with Gasteiger partial charge in [0.25, 0.3) is 0 Å². The van der Waals surface area contributed by atoms with Crippen molar-refractivity contribution < 1.29 is 9.53 Å². The van der Waals surface area contributed by atoms with Gasteiger partial charge in [0.1, 0.15) is 17.4 Å². The van der Waals surface area contributed by atoms with Crippen molar-refractivity contribution in [2.24, 2.45) is 5.73 Å². The molecule has 1 aliphatic carbocycles. The van der Waals surface area contributed by atoms with Gasteiger partial charge in [-0.05, 0) is 35.4 Å². The molecule has 0 saturated heterocycles. The molecule has 140 valence electrons. The van der Waals surface area contributed by atoms with Gasteiger partial charge < -0.3 is 10.5 Å². The molecule has 2 unspecified atom stereocenters. The third-order valence-corrected chi connectivity index (χ3v) is 6.12. The molecule has 1 heterocycles. The second-order valence-corrected chi connectivity index (χ2v) is 7.85.